The number of aromatic amines is 1. The van der Waals surface area contributed by atoms with Gasteiger partial charge in [0.05, 0.1) is 4.90 Å². The summed E-state index contributed by atoms with van der Waals surface area (Å²) in [7, 11) is -3.39. The molecule has 0 spiro atoms. The Morgan fingerprint density at radius 3 is 2.83 bits per heavy atom. The van der Waals surface area contributed by atoms with E-state index in [0.29, 0.717) is 23.9 Å². The van der Waals surface area contributed by atoms with Gasteiger partial charge in [0.2, 0.25) is 10.0 Å². The lowest BCUT2D eigenvalue weighted by Crippen LogP contribution is -2.45. The van der Waals surface area contributed by atoms with Crippen LogP contribution in [0.15, 0.2) is 17.2 Å². The lowest BCUT2D eigenvalue weighted by Gasteiger charge is -2.36. The monoisotopic (exact) mass is 271 g/mol. The zero-order valence-electron chi connectivity index (χ0n) is 10.9. The van der Waals surface area contributed by atoms with Crippen LogP contribution < -0.4 is 5.73 Å². The number of nitrogens with one attached hydrogen (secondary N) is 1. The van der Waals surface area contributed by atoms with Gasteiger partial charge in [-0.25, -0.2) is 8.42 Å². The third-order valence-corrected chi connectivity index (χ3v) is 5.82. The standard InChI is InChI=1S/C12H21N3O2S/c1-9-4-3-5-15(10(9)2)18(16,17)12-6-11(7-13)14-8-12/h6,8-10,14H,3-5,7,13H2,1-2H3. The van der Waals surface area contributed by atoms with Crippen LogP contribution in [0, 0.1) is 5.92 Å². The molecule has 1 fully saturated rings. The van der Waals surface area contributed by atoms with Crippen molar-refractivity contribution in [2.75, 3.05) is 6.54 Å². The molecule has 2 rings (SSSR count). The number of nitrogens with two attached hydrogens (primary N) is 1. The van der Waals surface area contributed by atoms with Gasteiger partial charge in [-0.05, 0) is 31.7 Å². The molecule has 1 saturated heterocycles. The fraction of sp³-hybridized carbons (Fsp3) is 0.667. The van der Waals surface area contributed by atoms with Crippen molar-refractivity contribution in [2.24, 2.45) is 11.7 Å². The highest BCUT2D eigenvalue weighted by Crippen LogP contribution is 2.28. The van der Waals surface area contributed by atoms with Crippen LogP contribution in [-0.2, 0) is 16.6 Å². The highest BCUT2D eigenvalue weighted by molar-refractivity contribution is 7.89. The molecule has 2 atom stereocenters. The number of sulfonamides is 1. The molecular weight excluding hydrogens is 250 g/mol. The van der Waals surface area contributed by atoms with E-state index in [9.17, 15) is 8.42 Å². The summed E-state index contributed by atoms with van der Waals surface area (Å²) in [6.45, 7) is 5.02. The van der Waals surface area contributed by atoms with Crippen molar-refractivity contribution < 1.29 is 8.42 Å². The van der Waals surface area contributed by atoms with Gasteiger partial charge in [-0.2, -0.15) is 4.31 Å². The Labute approximate surface area is 108 Å². The quantitative estimate of drug-likeness (QED) is 0.869. The molecule has 102 valence electrons. The summed E-state index contributed by atoms with van der Waals surface area (Å²) < 4.78 is 26.7. The van der Waals surface area contributed by atoms with Gasteiger partial charge in [0, 0.05) is 31.0 Å². The summed E-state index contributed by atoms with van der Waals surface area (Å²) in [6, 6.07) is 1.68. The van der Waals surface area contributed by atoms with Crippen molar-refractivity contribution in [2.45, 2.75) is 44.2 Å². The fourth-order valence-corrected chi connectivity index (χ4v) is 4.24. The first-order chi connectivity index (χ1) is 8.46. The Morgan fingerprint density at radius 2 is 2.22 bits per heavy atom. The number of nitrogens with zero attached hydrogens (tertiary/aromatic N) is 1. The number of hydrogen-bond donors (Lipinski definition) is 2. The van der Waals surface area contributed by atoms with Crippen molar-refractivity contribution in [3.8, 4) is 0 Å². The van der Waals surface area contributed by atoms with Crippen LogP contribution in [-0.4, -0.2) is 30.3 Å². The Balaban J connectivity index is 2.30. The van der Waals surface area contributed by atoms with Gasteiger partial charge in [-0.3, -0.25) is 0 Å². The Morgan fingerprint density at radius 1 is 1.50 bits per heavy atom. The van der Waals surface area contributed by atoms with Crippen LogP contribution in [0.25, 0.3) is 0 Å². The van der Waals surface area contributed by atoms with Gasteiger partial charge in [-0.1, -0.05) is 6.92 Å². The first-order valence-electron chi connectivity index (χ1n) is 6.36. The maximum atomic E-state index is 12.5. The highest BCUT2D eigenvalue weighted by atomic mass is 32.2. The number of aromatic nitrogens is 1. The second-order valence-corrected chi connectivity index (χ2v) is 6.93. The molecule has 0 saturated carbocycles. The minimum Gasteiger partial charge on any atom is -0.363 e. The fourth-order valence-electron chi connectivity index (χ4n) is 2.46. The third kappa shape index (κ3) is 2.32. The molecule has 0 aromatic carbocycles. The van der Waals surface area contributed by atoms with E-state index in [-0.39, 0.29) is 6.04 Å². The van der Waals surface area contributed by atoms with Crippen molar-refractivity contribution in [3.05, 3.63) is 18.0 Å². The molecule has 0 bridgehead atoms. The number of rotatable bonds is 3. The van der Waals surface area contributed by atoms with Gasteiger partial charge < -0.3 is 10.7 Å². The van der Waals surface area contributed by atoms with E-state index >= 15 is 0 Å². The summed E-state index contributed by atoms with van der Waals surface area (Å²) in [6.07, 6.45) is 3.55. The van der Waals surface area contributed by atoms with Crippen molar-refractivity contribution in [1.29, 1.82) is 0 Å². The van der Waals surface area contributed by atoms with Crippen LogP contribution >= 0.6 is 0 Å². The third-order valence-electron chi connectivity index (χ3n) is 3.86. The molecule has 1 aromatic heterocycles. The minimum absolute atomic E-state index is 0.0555. The molecule has 1 aliphatic heterocycles. The first kappa shape index (κ1) is 13.6. The Hall–Kier alpha value is -0.850. The minimum atomic E-state index is -3.39. The molecule has 3 N–H and O–H groups in total. The zero-order chi connectivity index (χ0) is 13.3. The van der Waals surface area contributed by atoms with E-state index in [1.807, 2.05) is 6.92 Å². The predicted octanol–water partition coefficient (Wildman–Crippen LogP) is 1.28. The predicted molar refractivity (Wildman–Crippen MR) is 70.4 cm³/mol. The molecule has 2 unspecified atom stereocenters. The summed E-state index contributed by atoms with van der Waals surface area (Å²) >= 11 is 0. The molecule has 0 aliphatic carbocycles. The van der Waals surface area contributed by atoms with Gasteiger partial charge >= 0.3 is 0 Å². The summed E-state index contributed by atoms with van der Waals surface area (Å²) in [5.74, 6) is 0.404. The molecule has 5 nitrogen and oxygen atoms in total. The van der Waals surface area contributed by atoms with E-state index in [1.54, 1.807) is 10.4 Å². The lowest BCUT2D eigenvalue weighted by molar-refractivity contribution is 0.202. The number of H-pyrrole nitrogens is 1. The van der Waals surface area contributed by atoms with Gasteiger partial charge in [0.1, 0.15) is 0 Å². The Kier molecular flexibility index (Phi) is 3.79. The lowest BCUT2D eigenvalue weighted by atomic mass is 9.94. The summed E-state index contributed by atoms with van der Waals surface area (Å²) in [5.41, 5.74) is 6.24. The van der Waals surface area contributed by atoms with Crippen LogP contribution in [0.3, 0.4) is 0 Å². The average Bonchev–Trinajstić information content (AvgIpc) is 2.81. The zero-order valence-corrected chi connectivity index (χ0v) is 11.7. The Bertz CT molecular complexity index is 509. The van der Waals surface area contributed by atoms with Gasteiger partial charge in [0.15, 0.2) is 0 Å². The number of hydrogen-bond acceptors (Lipinski definition) is 3. The molecule has 6 heteroatoms. The van der Waals surface area contributed by atoms with Gasteiger partial charge in [-0.15, -0.1) is 0 Å². The maximum absolute atomic E-state index is 12.5. The molecule has 2 heterocycles. The van der Waals surface area contributed by atoms with E-state index in [1.165, 1.54) is 6.20 Å². The average molecular weight is 271 g/mol. The molecule has 1 aliphatic rings. The van der Waals surface area contributed by atoms with Crippen molar-refractivity contribution in [1.82, 2.24) is 9.29 Å². The van der Waals surface area contributed by atoms with Crippen LogP contribution in [0.4, 0.5) is 0 Å². The topological polar surface area (TPSA) is 79.2 Å². The smallest absolute Gasteiger partial charge is 0.244 e. The van der Waals surface area contributed by atoms with Crippen LogP contribution in [0.5, 0.6) is 0 Å². The summed E-state index contributed by atoms with van der Waals surface area (Å²) in [4.78, 5) is 3.22. The van der Waals surface area contributed by atoms with Crippen LogP contribution in [0.1, 0.15) is 32.4 Å². The van der Waals surface area contributed by atoms with Crippen molar-refractivity contribution in [3.63, 3.8) is 0 Å². The van der Waals surface area contributed by atoms with E-state index in [2.05, 4.69) is 11.9 Å². The molecule has 1 aromatic rings. The second-order valence-electron chi connectivity index (χ2n) is 5.04. The second kappa shape index (κ2) is 5.03. The van der Waals surface area contributed by atoms with Gasteiger partial charge in [0.25, 0.3) is 0 Å². The largest absolute Gasteiger partial charge is 0.363 e. The van der Waals surface area contributed by atoms with E-state index in [4.69, 9.17) is 5.73 Å². The van der Waals surface area contributed by atoms with Crippen LogP contribution in [0.2, 0.25) is 0 Å². The highest BCUT2D eigenvalue weighted by Gasteiger charge is 2.34. The molecule has 18 heavy (non-hydrogen) atoms. The number of piperidine rings is 1. The van der Waals surface area contributed by atoms with E-state index in [0.717, 1.165) is 18.5 Å². The van der Waals surface area contributed by atoms with Crippen molar-refractivity contribution >= 4 is 10.0 Å². The molecular formula is C12H21N3O2S. The molecule has 0 radical (unpaired) electrons. The normalized spacial score (nSPS) is 26.4. The summed E-state index contributed by atoms with van der Waals surface area (Å²) in [5, 5.41) is 0. The first-order valence-corrected chi connectivity index (χ1v) is 7.80. The molecule has 0 amide bonds. The SMILES string of the molecule is CC1CCCN(S(=O)(=O)c2c[nH]c(CN)c2)C1C. The van der Waals surface area contributed by atoms with E-state index < -0.39 is 10.0 Å². The maximum Gasteiger partial charge on any atom is 0.244 e.